The maximum absolute atomic E-state index is 14.3. The fraction of sp³-hybridized carbons (Fsp3) is 0.692. The van der Waals surface area contributed by atoms with E-state index in [1.807, 2.05) is 7.11 Å². The maximum atomic E-state index is 14.3. The summed E-state index contributed by atoms with van der Waals surface area (Å²) in [6.07, 6.45) is 13.8. The van der Waals surface area contributed by atoms with Crippen LogP contribution >= 0.6 is 7.92 Å². The first-order chi connectivity index (χ1) is 20.6. The Labute approximate surface area is 274 Å². The van der Waals surface area contributed by atoms with Crippen LogP contribution in [0.1, 0.15) is 155 Å². The Hall–Kier alpha value is -1.22. The predicted octanol–water partition coefficient (Wildman–Crippen LogP) is 10.5. The largest absolute Gasteiger partial charge is 0.496 e. The molecule has 0 spiro atoms. The van der Waals surface area contributed by atoms with E-state index in [1.54, 1.807) is 5.30 Å². The molecule has 2 atom stereocenters. The van der Waals surface area contributed by atoms with Crippen molar-refractivity contribution < 1.29 is 8.95 Å². The third-order valence-electron chi connectivity index (χ3n) is 9.84. The lowest BCUT2D eigenvalue weighted by Crippen LogP contribution is -2.40. The lowest BCUT2D eigenvalue weighted by molar-refractivity contribution is 0.379. The fourth-order valence-electron chi connectivity index (χ4n) is 7.62. The highest BCUT2D eigenvalue weighted by molar-refractivity contribution is 7.84. The molecule has 0 aliphatic heterocycles. The van der Waals surface area contributed by atoms with Crippen molar-refractivity contribution in [3.63, 3.8) is 0 Å². The van der Waals surface area contributed by atoms with Crippen molar-refractivity contribution in [1.82, 2.24) is 4.31 Å². The van der Waals surface area contributed by atoms with Crippen LogP contribution in [0.5, 0.6) is 5.75 Å². The summed E-state index contributed by atoms with van der Waals surface area (Å²) in [7, 11) is 2.39. The van der Waals surface area contributed by atoms with Gasteiger partial charge in [-0.1, -0.05) is 112 Å². The standard InChI is InChI=1S/C39H62NO2PS/c1-37(2,3)32-26-28(27-33(36(32)42-11)38(4,5)6)35(40(10)44(41)39(7,8)9)31-24-18-19-25-34(31)43(29-20-14-12-15-21-29)30-22-16-13-17-23-30/h18-19,24-27,29-30,35H,12-17,20-23H2,1-11H3. The minimum atomic E-state index is -1.20. The molecular weight excluding hydrogens is 577 g/mol. The van der Waals surface area contributed by atoms with Crippen LogP contribution in [0, 0.1) is 0 Å². The molecule has 44 heavy (non-hydrogen) atoms. The smallest absolute Gasteiger partial charge is 0.126 e. The molecule has 0 radical (unpaired) electrons. The van der Waals surface area contributed by atoms with Crippen LogP contribution in [0.2, 0.25) is 0 Å². The molecule has 0 saturated heterocycles. The van der Waals surface area contributed by atoms with Crippen LogP contribution in [0.4, 0.5) is 0 Å². The van der Waals surface area contributed by atoms with Crippen LogP contribution in [0.15, 0.2) is 36.4 Å². The Morgan fingerprint density at radius 1 is 0.773 bits per heavy atom. The van der Waals surface area contributed by atoms with Gasteiger partial charge in [0.25, 0.3) is 0 Å². The third kappa shape index (κ3) is 8.01. The van der Waals surface area contributed by atoms with Crippen molar-refractivity contribution in [3.8, 4) is 5.75 Å². The molecule has 2 aliphatic rings. The van der Waals surface area contributed by atoms with E-state index in [0.717, 1.165) is 17.1 Å². The van der Waals surface area contributed by atoms with Gasteiger partial charge < -0.3 is 4.74 Å². The number of rotatable bonds is 8. The Morgan fingerprint density at radius 3 is 1.64 bits per heavy atom. The van der Waals surface area contributed by atoms with Gasteiger partial charge in [-0.3, -0.25) is 0 Å². The molecule has 5 heteroatoms. The van der Waals surface area contributed by atoms with Crippen LogP contribution < -0.4 is 10.0 Å². The molecule has 0 amide bonds. The topological polar surface area (TPSA) is 29.5 Å². The highest BCUT2D eigenvalue weighted by Crippen LogP contribution is 2.56. The lowest BCUT2D eigenvalue weighted by atomic mass is 9.77. The minimum absolute atomic E-state index is 0.107. The van der Waals surface area contributed by atoms with Crippen molar-refractivity contribution >= 4 is 24.2 Å². The zero-order chi connectivity index (χ0) is 32.4. The molecule has 2 unspecified atom stereocenters. The van der Waals surface area contributed by atoms with Gasteiger partial charge >= 0.3 is 0 Å². The van der Waals surface area contributed by atoms with Crippen LogP contribution in [0.25, 0.3) is 0 Å². The zero-order valence-electron chi connectivity index (χ0n) is 29.9. The van der Waals surface area contributed by atoms with Crippen molar-refractivity contribution in [2.24, 2.45) is 0 Å². The Morgan fingerprint density at radius 2 is 1.23 bits per heavy atom. The molecule has 2 fully saturated rings. The third-order valence-corrected chi connectivity index (χ3v) is 15.2. The van der Waals surface area contributed by atoms with Crippen molar-refractivity contribution in [3.05, 3.63) is 58.7 Å². The Kier molecular flexibility index (Phi) is 11.6. The summed E-state index contributed by atoms with van der Waals surface area (Å²) in [6.45, 7) is 20.0. The van der Waals surface area contributed by atoms with Crippen LogP contribution in [-0.4, -0.2) is 38.7 Å². The summed E-state index contributed by atoms with van der Waals surface area (Å²) in [5, 5.41) is 1.58. The van der Waals surface area contributed by atoms with E-state index in [0.29, 0.717) is 0 Å². The number of hydrogen-bond donors (Lipinski definition) is 0. The number of nitrogens with zero attached hydrogens (tertiary/aromatic N) is 1. The molecule has 2 aromatic rings. The quantitative estimate of drug-likeness (QED) is 0.269. The molecule has 2 aliphatic carbocycles. The average Bonchev–Trinajstić information content (AvgIpc) is 2.97. The molecule has 3 nitrogen and oxygen atoms in total. The number of ether oxygens (including phenoxy) is 1. The summed E-state index contributed by atoms with van der Waals surface area (Å²) < 4.78 is 22.3. The summed E-state index contributed by atoms with van der Waals surface area (Å²) in [6, 6.07) is 14.0. The summed E-state index contributed by atoms with van der Waals surface area (Å²) in [5.41, 5.74) is 6.44. The second-order valence-electron chi connectivity index (χ2n) is 16.5. The molecule has 0 aromatic heterocycles. The van der Waals surface area contributed by atoms with E-state index in [1.165, 1.54) is 86.5 Å². The van der Waals surface area contributed by atoms with Gasteiger partial charge in [-0.15, -0.1) is 0 Å². The highest BCUT2D eigenvalue weighted by atomic mass is 32.2. The molecule has 0 bridgehead atoms. The summed E-state index contributed by atoms with van der Waals surface area (Å²) in [4.78, 5) is 0. The van der Waals surface area contributed by atoms with Gasteiger partial charge in [0, 0.05) is 18.2 Å². The molecule has 246 valence electrons. The molecule has 2 saturated carbocycles. The van der Waals surface area contributed by atoms with Crippen molar-refractivity contribution in [2.75, 3.05) is 14.2 Å². The molecular formula is C39H62NO2PS. The van der Waals surface area contributed by atoms with Gasteiger partial charge in [0.15, 0.2) is 0 Å². The molecule has 2 aromatic carbocycles. The van der Waals surface area contributed by atoms with E-state index in [2.05, 4.69) is 110 Å². The fourth-order valence-corrected chi connectivity index (χ4v) is 12.9. The van der Waals surface area contributed by atoms with Crippen molar-refractivity contribution in [2.45, 2.75) is 159 Å². The highest BCUT2D eigenvalue weighted by Gasteiger charge is 2.39. The number of methoxy groups -OCH3 is 1. The van der Waals surface area contributed by atoms with E-state index < -0.39 is 11.0 Å². The number of benzene rings is 2. The second kappa shape index (κ2) is 14.3. The Bertz CT molecular complexity index is 1220. The first-order valence-electron chi connectivity index (χ1n) is 17.3. The average molecular weight is 640 g/mol. The van der Waals surface area contributed by atoms with Crippen molar-refractivity contribution in [1.29, 1.82) is 0 Å². The van der Waals surface area contributed by atoms with Gasteiger partial charge in [0.2, 0.25) is 0 Å². The van der Waals surface area contributed by atoms with Gasteiger partial charge in [0.1, 0.15) is 16.7 Å². The normalized spacial score (nSPS) is 19.4. The van der Waals surface area contributed by atoms with E-state index >= 15 is 0 Å². The van der Waals surface area contributed by atoms with E-state index in [4.69, 9.17) is 4.74 Å². The second-order valence-corrected chi connectivity index (χ2v) is 21.6. The SMILES string of the molecule is COc1c(C(C)(C)C)cc(C(c2ccccc2P(C2CCCCC2)C2CCCCC2)N(C)S(=O)C(C)(C)C)cc1C(C)(C)C. The molecule has 0 N–H and O–H groups in total. The summed E-state index contributed by atoms with van der Waals surface area (Å²) in [5.74, 6) is 0.993. The monoisotopic (exact) mass is 639 g/mol. The first kappa shape index (κ1) is 35.6. The predicted molar refractivity (Wildman–Crippen MR) is 195 cm³/mol. The van der Waals surface area contributed by atoms with E-state index in [-0.39, 0.29) is 29.5 Å². The lowest BCUT2D eigenvalue weighted by Gasteiger charge is -2.42. The molecule has 0 heterocycles. The van der Waals surface area contributed by atoms with Gasteiger partial charge in [-0.25, -0.2) is 8.51 Å². The van der Waals surface area contributed by atoms with Gasteiger partial charge in [0.05, 0.1) is 17.9 Å². The van der Waals surface area contributed by atoms with Crippen LogP contribution in [0.3, 0.4) is 0 Å². The minimum Gasteiger partial charge on any atom is -0.496 e. The van der Waals surface area contributed by atoms with E-state index in [9.17, 15) is 4.21 Å². The zero-order valence-corrected chi connectivity index (χ0v) is 31.6. The summed E-state index contributed by atoms with van der Waals surface area (Å²) >= 11 is 0. The number of hydrogen-bond acceptors (Lipinski definition) is 2. The first-order valence-corrected chi connectivity index (χ1v) is 19.9. The van der Waals surface area contributed by atoms with Crippen LogP contribution in [-0.2, 0) is 21.8 Å². The molecule has 4 rings (SSSR count). The van der Waals surface area contributed by atoms with Gasteiger partial charge in [-0.05, 0) is 97.2 Å². The van der Waals surface area contributed by atoms with Gasteiger partial charge in [-0.2, -0.15) is 0 Å². The maximum Gasteiger partial charge on any atom is 0.126 e. The Balaban J connectivity index is 2.02.